The van der Waals surface area contributed by atoms with Crippen molar-refractivity contribution >= 4 is 17.6 Å². The maximum atomic E-state index is 5.92. The highest BCUT2D eigenvalue weighted by Crippen LogP contribution is 2.34. The molecule has 28 heavy (non-hydrogen) atoms. The summed E-state index contributed by atoms with van der Waals surface area (Å²) < 4.78 is 22.1. The van der Waals surface area contributed by atoms with E-state index in [0.717, 1.165) is 4.90 Å². The first-order valence-electron chi connectivity index (χ1n) is 8.23. The molecule has 0 amide bonds. The third-order valence-corrected chi connectivity index (χ3v) is 4.14. The van der Waals surface area contributed by atoms with Crippen LogP contribution < -0.4 is 24.7 Å². The summed E-state index contributed by atoms with van der Waals surface area (Å²) in [5.41, 5.74) is 5.92. The summed E-state index contributed by atoms with van der Waals surface area (Å²) in [6.07, 6.45) is 6.64. The number of thioether (sulfide) groups is 1. The van der Waals surface area contributed by atoms with E-state index in [2.05, 4.69) is 19.9 Å². The van der Waals surface area contributed by atoms with Gasteiger partial charge in [0.25, 0.3) is 5.88 Å². The van der Waals surface area contributed by atoms with Crippen molar-refractivity contribution in [1.82, 2.24) is 19.9 Å². The molecule has 0 atom stereocenters. The quantitative estimate of drug-likeness (QED) is 0.424. The van der Waals surface area contributed by atoms with Gasteiger partial charge >= 0.3 is 6.01 Å². The molecule has 2 aromatic heterocycles. The van der Waals surface area contributed by atoms with E-state index >= 15 is 0 Å². The summed E-state index contributed by atoms with van der Waals surface area (Å²) in [5, 5.41) is 0. The number of rotatable bonds is 9. The van der Waals surface area contributed by atoms with Crippen molar-refractivity contribution in [3.63, 3.8) is 0 Å². The number of nitrogen functional groups attached to an aromatic ring is 1. The molecule has 9 nitrogen and oxygen atoms in total. The molecule has 0 saturated carbocycles. The SMILES string of the molecule is COc1cccc(Oc2c(N)ncnc2OCCOc2ncc(SC)cn2)c1. The van der Waals surface area contributed by atoms with E-state index in [1.807, 2.05) is 6.26 Å². The molecular weight excluding hydrogens is 382 g/mol. The molecule has 10 heteroatoms. The number of aromatic nitrogens is 4. The number of benzene rings is 1. The van der Waals surface area contributed by atoms with Crippen LogP contribution in [0.25, 0.3) is 0 Å². The Hall–Kier alpha value is -3.27. The highest BCUT2D eigenvalue weighted by Gasteiger charge is 2.14. The molecule has 0 saturated heterocycles. The topological polar surface area (TPSA) is 115 Å². The summed E-state index contributed by atoms with van der Waals surface area (Å²) >= 11 is 1.56. The average molecular weight is 401 g/mol. The minimum atomic E-state index is 0.157. The van der Waals surface area contributed by atoms with Crippen molar-refractivity contribution in [2.45, 2.75) is 4.90 Å². The van der Waals surface area contributed by atoms with Gasteiger partial charge in [0.2, 0.25) is 5.75 Å². The first-order valence-corrected chi connectivity index (χ1v) is 9.46. The minimum absolute atomic E-state index is 0.157. The second-order valence-corrected chi connectivity index (χ2v) is 6.16. The Labute approximate surface area is 166 Å². The van der Waals surface area contributed by atoms with Crippen molar-refractivity contribution < 1.29 is 18.9 Å². The molecule has 2 N–H and O–H groups in total. The van der Waals surface area contributed by atoms with Gasteiger partial charge in [-0.1, -0.05) is 6.07 Å². The summed E-state index contributed by atoms with van der Waals surface area (Å²) in [5.74, 6) is 1.75. The number of ether oxygens (including phenoxy) is 4. The fraction of sp³-hybridized carbons (Fsp3) is 0.222. The van der Waals surface area contributed by atoms with Crippen LogP contribution in [0, 0.1) is 0 Å². The number of nitrogens with zero attached hydrogens (tertiary/aromatic N) is 4. The van der Waals surface area contributed by atoms with Crippen molar-refractivity contribution in [1.29, 1.82) is 0 Å². The van der Waals surface area contributed by atoms with Gasteiger partial charge in [0.05, 0.1) is 7.11 Å². The molecule has 0 unspecified atom stereocenters. The molecule has 0 bridgehead atoms. The van der Waals surface area contributed by atoms with Gasteiger partial charge in [-0.25, -0.2) is 15.0 Å². The predicted octanol–water partition coefficient (Wildman–Crippen LogP) is 2.83. The first-order chi connectivity index (χ1) is 13.7. The van der Waals surface area contributed by atoms with E-state index in [1.54, 1.807) is 55.5 Å². The number of hydrogen-bond donors (Lipinski definition) is 1. The van der Waals surface area contributed by atoms with E-state index in [9.17, 15) is 0 Å². The lowest BCUT2D eigenvalue weighted by molar-refractivity contribution is 0.197. The van der Waals surface area contributed by atoms with Crippen LogP contribution in [0.4, 0.5) is 5.82 Å². The smallest absolute Gasteiger partial charge is 0.316 e. The minimum Gasteiger partial charge on any atom is -0.497 e. The van der Waals surface area contributed by atoms with Crippen LogP contribution >= 0.6 is 11.8 Å². The molecule has 0 aliphatic rings. The Morgan fingerprint density at radius 1 is 1.00 bits per heavy atom. The Morgan fingerprint density at radius 3 is 2.50 bits per heavy atom. The number of nitrogens with two attached hydrogens (primary N) is 1. The molecule has 0 spiro atoms. The molecule has 146 valence electrons. The van der Waals surface area contributed by atoms with Crippen molar-refractivity contribution in [2.24, 2.45) is 0 Å². The third-order valence-electron chi connectivity index (χ3n) is 3.45. The second-order valence-electron chi connectivity index (χ2n) is 5.28. The number of hydrogen-bond acceptors (Lipinski definition) is 10. The van der Waals surface area contributed by atoms with Crippen LogP contribution in [0.15, 0.2) is 47.9 Å². The first kappa shape index (κ1) is 19.5. The van der Waals surface area contributed by atoms with Crippen LogP contribution in [-0.4, -0.2) is 46.5 Å². The van der Waals surface area contributed by atoms with Crippen LogP contribution in [0.2, 0.25) is 0 Å². The fourth-order valence-corrected chi connectivity index (χ4v) is 2.42. The third kappa shape index (κ3) is 5.13. The van der Waals surface area contributed by atoms with Gasteiger partial charge in [0.15, 0.2) is 5.82 Å². The van der Waals surface area contributed by atoms with Crippen LogP contribution in [0.5, 0.6) is 29.1 Å². The number of anilines is 1. The molecule has 0 radical (unpaired) electrons. The highest BCUT2D eigenvalue weighted by atomic mass is 32.2. The Bertz CT molecular complexity index is 911. The second kappa shape index (κ2) is 9.60. The fourth-order valence-electron chi connectivity index (χ4n) is 2.11. The monoisotopic (exact) mass is 401 g/mol. The van der Waals surface area contributed by atoms with Gasteiger partial charge in [-0.2, -0.15) is 4.98 Å². The van der Waals surface area contributed by atoms with Gasteiger partial charge in [-0.05, 0) is 18.4 Å². The maximum Gasteiger partial charge on any atom is 0.316 e. The van der Waals surface area contributed by atoms with Crippen molar-refractivity contribution in [3.05, 3.63) is 43.0 Å². The lowest BCUT2D eigenvalue weighted by Gasteiger charge is -2.13. The van der Waals surface area contributed by atoms with E-state index in [-0.39, 0.29) is 36.7 Å². The standard InChI is InChI=1S/C18H19N5O4S/c1-24-12-4-3-5-13(8-12)27-15-16(19)22-11-23-17(15)25-6-7-26-18-20-9-14(28-2)10-21-18/h3-5,8-11H,6-7H2,1-2H3,(H2,19,22,23). The van der Waals surface area contributed by atoms with Gasteiger partial charge in [0.1, 0.15) is 31.0 Å². The molecular formula is C18H19N5O4S. The predicted molar refractivity (Wildman–Crippen MR) is 104 cm³/mol. The Morgan fingerprint density at radius 2 is 1.75 bits per heavy atom. The van der Waals surface area contributed by atoms with E-state index in [1.165, 1.54) is 6.33 Å². The largest absolute Gasteiger partial charge is 0.497 e. The van der Waals surface area contributed by atoms with Crippen LogP contribution in [-0.2, 0) is 0 Å². The molecule has 1 aromatic carbocycles. The summed E-state index contributed by atoms with van der Waals surface area (Å²) in [7, 11) is 1.58. The molecule has 0 aliphatic heterocycles. The zero-order valence-corrected chi connectivity index (χ0v) is 16.2. The lowest BCUT2D eigenvalue weighted by atomic mass is 10.3. The molecule has 3 aromatic rings. The Balaban J connectivity index is 1.61. The van der Waals surface area contributed by atoms with Crippen molar-refractivity contribution in [2.75, 3.05) is 32.3 Å². The zero-order chi connectivity index (χ0) is 19.8. The van der Waals surface area contributed by atoms with Crippen LogP contribution in [0.1, 0.15) is 0 Å². The number of methoxy groups -OCH3 is 1. The van der Waals surface area contributed by atoms with Gasteiger partial charge in [-0.15, -0.1) is 11.8 Å². The van der Waals surface area contributed by atoms with E-state index in [0.29, 0.717) is 11.5 Å². The lowest BCUT2D eigenvalue weighted by Crippen LogP contribution is -2.12. The maximum absolute atomic E-state index is 5.92. The molecule has 2 heterocycles. The van der Waals surface area contributed by atoms with Crippen molar-refractivity contribution in [3.8, 4) is 29.1 Å². The highest BCUT2D eigenvalue weighted by molar-refractivity contribution is 7.98. The van der Waals surface area contributed by atoms with Gasteiger partial charge < -0.3 is 24.7 Å². The Kier molecular flexibility index (Phi) is 6.68. The summed E-state index contributed by atoms with van der Waals surface area (Å²) in [6.45, 7) is 0.416. The van der Waals surface area contributed by atoms with Gasteiger partial charge in [-0.3, -0.25) is 0 Å². The zero-order valence-electron chi connectivity index (χ0n) is 15.4. The van der Waals surface area contributed by atoms with Gasteiger partial charge in [0, 0.05) is 23.4 Å². The normalized spacial score (nSPS) is 10.4. The summed E-state index contributed by atoms with van der Waals surface area (Å²) in [4.78, 5) is 17.2. The average Bonchev–Trinajstić information content (AvgIpc) is 2.74. The van der Waals surface area contributed by atoms with Crippen LogP contribution in [0.3, 0.4) is 0 Å². The van der Waals surface area contributed by atoms with E-state index in [4.69, 9.17) is 24.7 Å². The van der Waals surface area contributed by atoms with E-state index < -0.39 is 0 Å². The molecule has 0 fully saturated rings. The summed E-state index contributed by atoms with van der Waals surface area (Å²) in [6, 6.07) is 7.36. The molecule has 3 rings (SSSR count). The molecule has 0 aliphatic carbocycles.